The Labute approximate surface area is 114 Å². The molecule has 0 N–H and O–H groups in total. The lowest BCUT2D eigenvalue weighted by atomic mass is 10.1. The predicted molar refractivity (Wildman–Crippen MR) is 81.4 cm³/mol. The molecule has 0 aromatic rings. The van der Waals surface area contributed by atoms with Crippen LogP contribution in [0, 0.1) is 0 Å². The normalized spacial score (nSPS) is 14.3. The first-order chi connectivity index (χ1) is 8.20. The molecule has 1 unspecified atom stereocenters. The van der Waals surface area contributed by atoms with Gasteiger partial charge in [0.1, 0.15) is 6.29 Å². The monoisotopic (exact) mass is 270 g/mol. The second-order valence-corrected chi connectivity index (χ2v) is 11.6. The van der Waals surface area contributed by atoms with E-state index in [2.05, 4.69) is 48.1 Å². The van der Waals surface area contributed by atoms with Gasteiger partial charge in [-0.25, -0.2) is 0 Å². The summed E-state index contributed by atoms with van der Waals surface area (Å²) in [5.74, 6) is 0. The fraction of sp³-hybridized carbons (Fsp3) is 0.800. The van der Waals surface area contributed by atoms with E-state index < -0.39 is 8.32 Å². The van der Waals surface area contributed by atoms with Crippen LogP contribution in [0.2, 0.25) is 16.6 Å². The lowest BCUT2D eigenvalue weighted by Gasteiger charge is -2.44. The smallest absolute Gasteiger partial charge is 0.201 e. The Bertz CT molecular complexity index is 260. The third kappa shape index (κ3) is 3.79. The van der Waals surface area contributed by atoms with E-state index >= 15 is 0 Å². The average molecular weight is 270 g/mol. The molecule has 0 aromatic heterocycles. The van der Waals surface area contributed by atoms with Crippen LogP contribution in [0.15, 0.2) is 12.2 Å². The highest BCUT2D eigenvalue weighted by Crippen LogP contribution is 2.43. The molecule has 0 amide bonds. The van der Waals surface area contributed by atoms with E-state index in [-0.39, 0.29) is 6.10 Å². The van der Waals surface area contributed by atoms with Crippen molar-refractivity contribution < 1.29 is 9.22 Å². The Balaban J connectivity index is 5.31. The van der Waals surface area contributed by atoms with Crippen molar-refractivity contribution in [3.63, 3.8) is 0 Å². The summed E-state index contributed by atoms with van der Waals surface area (Å²) in [4.78, 5) is 10.8. The summed E-state index contributed by atoms with van der Waals surface area (Å²) in [5.41, 5.74) is 2.56. The summed E-state index contributed by atoms with van der Waals surface area (Å²) in [6, 6.07) is 0. The summed E-state index contributed by atoms with van der Waals surface area (Å²) in [6.07, 6.45) is 1.26. The summed E-state index contributed by atoms with van der Waals surface area (Å²) >= 11 is 0. The van der Waals surface area contributed by atoms with E-state index in [0.717, 1.165) is 11.9 Å². The maximum absolute atomic E-state index is 10.8. The van der Waals surface area contributed by atoms with Crippen LogP contribution in [0.4, 0.5) is 0 Å². The standard InChI is InChI=1S/C15H30O2Si/c1-11(2)15(9-10-16)17-18(12(3)4,13(5)6)14(7)8/h10,12-15H,1,9H2,2-8H3. The van der Waals surface area contributed by atoms with E-state index in [9.17, 15) is 4.79 Å². The van der Waals surface area contributed by atoms with E-state index in [1.54, 1.807) is 0 Å². The van der Waals surface area contributed by atoms with Gasteiger partial charge < -0.3 is 9.22 Å². The molecule has 0 saturated carbocycles. The fourth-order valence-corrected chi connectivity index (χ4v) is 8.70. The molecule has 0 aliphatic heterocycles. The number of carbonyl (C=O) groups is 1. The lowest BCUT2D eigenvalue weighted by Crippen LogP contribution is -2.50. The second-order valence-electron chi connectivity index (χ2n) is 6.17. The van der Waals surface area contributed by atoms with Crippen LogP contribution >= 0.6 is 0 Å². The molecule has 0 rings (SSSR count). The molecule has 0 radical (unpaired) electrons. The number of hydrogen-bond acceptors (Lipinski definition) is 2. The van der Waals surface area contributed by atoms with Crippen molar-refractivity contribution in [3.05, 3.63) is 12.2 Å². The molecule has 106 valence electrons. The molecular weight excluding hydrogens is 240 g/mol. The topological polar surface area (TPSA) is 26.3 Å². The molecule has 2 nitrogen and oxygen atoms in total. The van der Waals surface area contributed by atoms with Crippen molar-refractivity contribution in [1.29, 1.82) is 0 Å². The van der Waals surface area contributed by atoms with E-state index in [0.29, 0.717) is 23.0 Å². The highest BCUT2D eigenvalue weighted by atomic mass is 28.4. The fourth-order valence-electron chi connectivity index (χ4n) is 3.09. The molecule has 0 aromatic carbocycles. The van der Waals surface area contributed by atoms with Crippen molar-refractivity contribution >= 4 is 14.6 Å². The van der Waals surface area contributed by atoms with Gasteiger partial charge in [0, 0.05) is 6.42 Å². The second kappa shape index (κ2) is 7.24. The predicted octanol–water partition coefficient (Wildman–Crippen LogP) is 4.71. The van der Waals surface area contributed by atoms with Crippen LogP contribution in [0.5, 0.6) is 0 Å². The van der Waals surface area contributed by atoms with Gasteiger partial charge >= 0.3 is 0 Å². The third-order valence-electron chi connectivity index (χ3n) is 3.91. The summed E-state index contributed by atoms with van der Waals surface area (Å²) in [7, 11) is -1.91. The minimum absolute atomic E-state index is 0.110. The Morgan fingerprint density at radius 3 is 1.72 bits per heavy atom. The van der Waals surface area contributed by atoms with Crippen molar-refractivity contribution in [2.24, 2.45) is 0 Å². The molecular formula is C15H30O2Si. The Morgan fingerprint density at radius 2 is 1.50 bits per heavy atom. The van der Waals surface area contributed by atoms with Gasteiger partial charge in [0.2, 0.25) is 8.32 Å². The van der Waals surface area contributed by atoms with Gasteiger partial charge in [-0.1, -0.05) is 53.7 Å². The quantitative estimate of drug-likeness (QED) is 0.363. The molecule has 0 fully saturated rings. The molecule has 0 bridgehead atoms. The number of carbonyl (C=O) groups excluding carboxylic acids is 1. The first-order valence-corrected chi connectivity index (χ1v) is 9.10. The van der Waals surface area contributed by atoms with E-state index in [1.165, 1.54) is 0 Å². The third-order valence-corrected chi connectivity index (χ3v) is 10.0. The Morgan fingerprint density at radius 1 is 1.11 bits per heavy atom. The van der Waals surface area contributed by atoms with Gasteiger partial charge in [0.15, 0.2) is 0 Å². The minimum atomic E-state index is -1.91. The molecule has 0 heterocycles. The molecule has 0 spiro atoms. The number of aldehydes is 1. The maximum Gasteiger partial charge on any atom is 0.201 e. The summed E-state index contributed by atoms with van der Waals surface area (Å²) in [5, 5.41) is 0. The molecule has 0 saturated heterocycles. The van der Waals surface area contributed by atoms with Gasteiger partial charge in [-0.15, -0.1) is 0 Å². The van der Waals surface area contributed by atoms with Crippen LogP contribution in [0.25, 0.3) is 0 Å². The Hall–Kier alpha value is -0.413. The zero-order chi connectivity index (χ0) is 14.5. The van der Waals surface area contributed by atoms with Crippen molar-refractivity contribution in [1.82, 2.24) is 0 Å². The van der Waals surface area contributed by atoms with Gasteiger partial charge in [-0.2, -0.15) is 0 Å². The van der Waals surface area contributed by atoms with Crippen LogP contribution in [0.3, 0.4) is 0 Å². The summed E-state index contributed by atoms with van der Waals surface area (Å²) in [6.45, 7) is 19.4. The van der Waals surface area contributed by atoms with Crippen LogP contribution in [-0.4, -0.2) is 20.7 Å². The number of hydrogen-bond donors (Lipinski definition) is 0. The zero-order valence-electron chi connectivity index (χ0n) is 13.1. The molecule has 1 atom stereocenters. The zero-order valence-corrected chi connectivity index (χ0v) is 14.1. The highest BCUT2D eigenvalue weighted by Gasteiger charge is 2.46. The maximum atomic E-state index is 10.8. The Kier molecular flexibility index (Phi) is 7.08. The average Bonchev–Trinajstić information content (AvgIpc) is 2.21. The van der Waals surface area contributed by atoms with Crippen LogP contribution in [-0.2, 0) is 9.22 Å². The van der Waals surface area contributed by atoms with Gasteiger partial charge in [-0.3, -0.25) is 0 Å². The highest BCUT2D eigenvalue weighted by molar-refractivity contribution is 6.77. The van der Waals surface area contributed by atoms with Crippen LogP contribution in [0.1, 0.15) is 54.9 Å². The van der Waals surface area contributed by atoms with Gasteiger partial charge in [0.25, 0.3) is 0 Å². The van der Waals surface area contributed by atoms with E-state index in [4.69, 9.17) is 4.43 Å². The number of rotatable bonds is 8. The molecule has 0 aliphatic carbocycles. The lowest BCUT2D eigenvalue weighted by molar-refractivity contribution is -0.109. The molecule has 18 heavy (non-hydrogen) atoms. The summed E-state index contributed by atoms with van der Waals surface area (Å²) < 4.78 is 6.53. The molecule has 0 aliphatic rings. The van der Waals surface area contributed by atoms with Gasteiger partial charge in [-0.05, 0) is 23.5 Å². The van der Waals surface area contributed by atoms with Crippen molar-refractivity contribution in [3.8, 4) is 0 Å². The SMILES string of the molecule is C=C(C)C(CC=O)O[Si](C(C)C)(C(C)C)C(C)C. The van der Waals surface area contributed by atoms with Crippen molar-refractivity contribution in [2.75, 3.05) is 0 Å². The first-order valence-electron chi connectivity index (χ1n) is 6.96. The largest absolute Gasteiger partial charge is 0.409 e. The minimum Gasteiger partial charge on any atom is -0.409 e. The van der Waals surface area contributed by atoms with Gasteiger partial charge in [0.05, 0.1) is 6.10 Å². The van der Waals surface area contributed by atoms with E-state index in [1.807, 2.05) is 6.92 Å². The molecule has 3 heteroatoms. The van der Waals surface area contributed by atoms with Crippen LogP contribution < -0.4 is 0 Å². The first kappa shape index (κ1) is 17.6. The van der Waals surface area contributed by atoms with Crippen molar-refractivity contribution in [2.45, 2.75) is 77.6 Å².